The zero-order valence-corrected chi connectivity index (χ0v) is 18.7. The summed E-state index contributed by atoms with van der Waals surface area (Å²) in [5, 5.41) is 15.5. The molecule has 8 nitrogen and oxygen atoms in total. The van der Waals surface area contributed by atoms with Crippen molar-refractivity contribution >= 4 is 23.3 Å². The van der Waals surface area contributed by atoms with Gasteiger partial charge in [-0.3, -0.25) is 9.59 Å². The molecule has 0 radical (unpaired) electrons. The Morgan fingerprint density at radius 1 is 1.11 bits per heavy atom. The van der Waals surface area contributed by atoms with Gasteiger partial charge in [0.05, 0.1) is 30.3 Å². The van der Waals surface area contributed by atoms with Gasteiger partial charge in [-0.1, -0.05) is 18.2 Å². The lowest BCUT2D eigenvalue weighted by Crippen LogP contribution is -2.42. The van der Waals surface area contributed by atoms with Crippen molar-refractivity contribution in [1.82, 2.24) is 20.2 Å². The zero-order chi connectivity index (χ0) is 24.5. The van der Waals surface area contributed by atoms with Gasteiger partial charge in [-0.05, 0) is 42.7 Å². The van der Waals surface area contributed by atoms with Crippen LogP contribution in [0.15, 0.2) is 42.5 Å². The smallest absolute Gasteiger partial charge is 0.257 e. The molecule has 2 aliphatic heterocycles. The molecule has 2 aromatic carbocycles. The second-order valence-corrected chi connectivity index (χ2v) is 8.63. The van der Waals surface area contributed by atoms with Crippen molar-refractivity contribution in [2.45, 2.75) is 31.9 Å². The fraction of sp³-hybridized carbons (Fsp3) is 0.280. The van der Waals surface area contributed by atoms with Crippen LogP contribution in [0.2, 0.25) is 0 Å². The first kappa shape index (κ1) is 22.9. The number of aliphatic hydroxyl groups excluding tert-OH is 1. The summed E-state index contributed by atoms with van der Waals surface area (Å²) in [5.41, 5.74) is 1.56. The van der Waals surface area contributed by atoms with E-state index in [4.69, 9.17) is 0 Å². The molecule has 2 aliphatic rings. The number of likely N-dealkylation sites (tertiary alicyclic amines) is 1. The van der Waals surface area contributed by atoms with Crippen molar-refractivity contribution in [3.63, 3.8) is 0 Å². The van der Waals surface area contributed by atoms with Crippen LogP contribution >= 0.6 is 0 Å². The first-order valence-corrected chi connectivity index (χ1v) is 11.3. The molecule has 0 spiro atoms. The highest BCUT2D eigenvalue weighted by Gasteiger charge is 2.28. The number of anilines is 2. The topological polar surface area (TPSA) is 107 Å². The quantitative estimate of drug-likeness (QED) is 0.520. The van der Waals surface area contributed by atoms with Crippen LogP contribution in [0.25, 0.3) is 11.4 Å². The number of β-amino-alcohol motifs (C(OH)–C–C–N with tert-alkyl or cyclic N) is 1. The first-order chi connectivity index (χ1) is 16.9. The van der Waals surface area contributed by atoms with E-state index in [0.717, 1.165) is 24.1 Å². The minimum atomic E-state index is -0.802. The van der Waals surface area contributed by atoms with Crippen molar-refractivity contribution in [3.05, 3.63) is 70.9 Å². The number of rotatable bonds is 5. The number of amides is 2. The predicted octanol–water partition coefficient (Wildman–Crippen LogP) is 2.93. The number of nitrogens with zero attached hydrogens (tertiary/aromatic N) is 3. The van der Waals surface area contributed by atoms with Crippen molar-refractivity contribution < 1.29 is 23.5 Å². The lowest BCUT2D eigenvalue weighted by Gasteiger charge is -2.30. The fourth-order valence-corrected chi connectivity index (χ4v) is 4.35. The van der Waals surface area contributed by atoms with Gasteiger partial charge >= 0.3 is 0 Å². The number of hydrogen-bond donors (Lipinski definition) is 3. The van der Waals surface area contributed by atoms with Crippen LogP contribution in [-0.4, -0.2) is 51.0 Å². The SMILES string of the molecule is O=C1NCc2nc(-c3c(F)cccc3F)nc(Nc3ccc(CC(=O)N4CCCC(O)C4)cc3)c21. The monoisotopic (exact) mass is 479 g/mol. The molecule has 2 amide bonds. The molecule has 1 fully saturated rings. The highest BCUT2D eigenvalue weighted by Crippen LogP contribution is 2.30. The van der Waals surface area contributed by atoms with Gasteiger partial charge in [0.15, 0.2) is 5.82 Å². The maximum absolute atomic E-state index is 14.4. The van der Waals surface area contributed by atoms with Crippen molar-refractivity contribution in [2.24, 2.45) is 0 Å². The van der Waals surface area contributed by atoms with Gasteiger partial charge < -0.3 is 20.6 Å². The summed E-state index contributed by atoms with van der Waals surface area (Å²) >= 11 is 0. The number of halogens is 2. The van der Waals surface area contributed by atoms with Gasteiger partial charge in [0.2, 0.25) is 5.91 Å². The summed E-state index contributed by atoms with van der Waals surface area (Å²) in [6.07, 6.45) is 1.22. The molecule has 180 valence electrons. The first-order valence-electron chi connectivity index (χ1n) is 11.3. The lowest BCUT2D eigenvalue weighted by atomic mass is 10.1. The molecular weight excluding hydrogens is 456 g/mol. The number of aliphatic hydroxyl groups is 1. The van der Waals surface area contributed by atoms with E-state index in [9.17, 15) is 23.5 Å². The molecule has 3 heterocycles. The fourth-order valence-electron chi connectivity index (χ4n) is 4.35. The number of nitrogens with one attached hydrogen (secondary N) is 2. The Balaban J connectivity index is 1.38. The standard InChI is InChI=1S/C25H23F2N5O3/c26-17-4-1-5-18(27)21(17)23-30-19-12-28-25(35)22(19)24(31-23)29-15-8-6-14(7-9-15)11-20(34)32-10-2-3-16(33)13-32/h1,4-9,16,33H,2-3,10-13H2,(H,28,35)(H,29,30,31). The highest BCUT2D eigenvalue weighted by molar-refractivity contribution is 6.03. The summed E-state index contributed by atoms with van der Waals surface area (Å²) in [4.78, 5) is 35.1. The third-order valence-corrected chi connectivity index (χ3v) is 6.14. The van der Waals surface area contributed by atoms with Crippen LogP contribution in [0, 0.1) is 11.6 Å². The average molecular weight is 479 g/mol. The molecule has 3 aromatic rings. The van der Waals surface area contributed by atoms with Crippen LogP contribution in [-0.2, 0) is 17.8 Å². The Morgan fingerprint density at radius 3 is 2.57 bits per heavy atom. The van der Waals surface area contributed by atoms with Gasteiger partial charge in [-0.25, -0.2) is 18.7 Å². The largest absolute Gasteiger partial charge is 0.391 e. The highest BCUT2D eigenvalue weighted by atomic mass is 19.1. The van der Waals surface area contributed by atoms with Crippen LogP contribution in [0.3, 0.4) is 0 Å². The minimum absolute atomic E-state index is 0.0497. The summed E-state index contributed by atoms with van der Waals surface area (Å²) in [6.45, 7) is 1.12. The molecule has 10 heteroatoms. The van der Waals surface area contributed by atoms with Gasteiger partial charge in [-0.15, -0.1) is 0 Å². The number of fused-ring (bicyclic) bond motifs is 1. The second-order valence-electron chi connectivity index (χ2n) is 8.63. The molecule has 1 unspecified atom stereocenters. The number of carbonyl (C=O) groups is 2. The second kappa shape index (κ2) is 9.38. The Hall–Kier alpha value is -3.92. The molecule has 1 saturated heterocycles. The molecule has 35 heavy (non-hydrogen) atoms. The lowest BCUT2D eigenvalue weighted by molar-refractivity contribution is -0.133. The number of carbonyl (C=O) groups excluding carboxylic acids is 2. The number of benzene rings is 2. The maximum Gasteiger partial charge on any atom is 0.257 e. The van der Waals surface area contributed by atoms with E-state index in [2.05, 4.69) is 20.6 Å². The van der Waals surface area contributed by atoms with Crippen LogP contribution in [0.5, 0.6) is 0 Å². The maximum atomic E-state index is 14.4. The van der Waals surface area contributed by atoms with Gasteiger partial charge in [-0.2, -0.15) is 0 Å². The summed E-state index contributed by atoms with van der Waals surface area (Å²) in [6, 6.07) is 10.5. The number of piperidine rings is 1. The number of aromatic nitrogens is 2. The third kappa shape index (κ3) is 4.69. The summed E-state index contributed by atoms with van der Waals surface area (Å²) in [7, 11) is 0. The van der Waals surface area contributed by atoms with Crippen molar-refractivity contribution in [1.29, 1.82) is 0 Å². The van der Waals surface area contributed by atoms with E-state index in [-0.39, 0.29) is 47.5 Å². The van der Waals surface area contributed by atoms with E-state index in [0.29, 0.717) is 30.9 Å². The average Bonchev–Trinajstić information content (AvgIpc) is 3.21. The molecule has 1 aromatic heterocycles. The van der Waals surface area contributed by atoms with E-state index in [1.807, 2.05) is 0 Å². The number of hydrogen-bond acceptors (Lipinski definition) is 6. The molecule has 3 N–H and O–H groups in total. The molecule has 0 saturated carbocycles. The minimum Gasteiger partial charge on any atom is -0.391 e. The van der Waals surface area contributed by atoms with Crippen LogP contribution < -0.4 is 10.6 Å². The summed E-state index contributed by atoms with van der Waals surface area (Å²) < 4.78 is 28.7. The van der Waals surface area contributed by atoms with E-state index >= 15 is 0 Å². The summed E-state index contributed by atoms with van der Waals surface area (Å²) in [5.74, 6) is -2.06. The van der Waals surface area contributed by atoms with E-state index in [1.165, 1.54) is 6.07 Å². The normalized spacial score (nSPS) is 17.2. The van der Waals surface area contributed by atoms with Gasteiger partial charge in [0.1, 0.15) is 23.0 Å². The Kier molecular flexibility index (Phi) is 6.12. The van der Waals surface area contributed by atoms with Crippen molar-refractivity contribution in [2.75, 3.05) is 18.4 Å². The van der Waals surface area contributed by atoms with E-state index < -0.39 is 17.7 Å². The molecule has 0 bridgehead atoms. The zero-order valence-electron chi connectivity index (χ0n) is 18.7. The van der Waals surface area contributed by atoms with Crippen LogP contribution in [0.1, 0.15) is 34.5 Å². The molecule has 5 rings (SSSR count). The predicted molar refractivity (Wildman–Crippen MR) is 124 cm³/mol. The Labute approximate surface area is 200 Å². The molecule has 1 atom stereocenters. The van der Waals surface area contributed by atoms with Crippen molar-refractivity contribution in [3.8, 4) is 11.4 Å². The Morgan fingerprint density at radius 2 is 1.86 bits per heavy atom. The van der Waals surface area contributed by atoms with Gasteiger partial charge in [0, 0.05) is 18.8 Å². The van der Waals surface area contributed by atoms with E-state index in [1.54, 1.807) is 29.2 Å². The Bertz CT molecular complexity index is 1280. The van der Waals surface area contributed by atoms with Gasteiger partial charge in [0.25, 0.3) is 5.91 Å². The van der Waals surface area contributed by atoms with Crippen LogP contribution in [0.4, 0.5) is 20.3 Å². The molecule has 0 aliphatic carbocycles. The third-order valence-electron chi connectivity index (χ3n) is 6.14. The molecular formula is C25H23F2N5O3.